The van der Waals surface area contributed by atoms with Crippen molar-refractivity contribution in [3.63, 3.8) is 0 Å². The summed E-state index contributed by atoms with van der Waals surface area (Å²) in [4.78, 5) is 45.5. The SMILES string of the molecule is C=CC(=O)N1CCN(C(=O)N2CCC(c3ccc(-n4c(-c5cccnc5N)nc5ccc(-c6ccccc6)nc54)cc3)C2)C[C@H]1C. The van der Waals surface area contributed by atoms with Crippen LogP contribution in [0.4, 0.5) is 10.6 Å². The number of nitrogen functional groups attached to an aromatic ring is 1. The molecule has 2 aliphatic heterocycles. The number of amides is 3. The van der Waals surface area contributed by atoms with Gasteiger partial charge in [0.1, 0.15) is 11.3 Å². The zero-order valence-corrected chi connectivity index (χ0v) is 25.8. The van der Waals surface area contributed by atoms with E-state index in [0.29, 0.717) is 44.4 Å². The molecule has 10 nitrogen and oxygen atoms in total. The zero-order chi connectivity index (χ0) is 31.8. The molecule has 2 aliphatic rings. The number of carbonyl (C=O) groups is 2. The fourth-order valence-corrected chi connectivity index (χ4v) is 6.64. The fraction of sp³-hybridized carbons (Fsp3) is 0.250. The number of likely N-dealkylation sites (tertiary alicyclic amines) is 1. The van der Waals surface area contributed by atoms with Gasteiger partial charge in [-0.05, 0) is 61.4 Å². The van der Waals surface area contributed by atoms with Gasteiger partial charge in [0.25, 0.3) is 0 Å². The van der Waals surface area contributed by atoms with Gasteiger partial charge >= 0.3 is 6.03 Å². The monoisotopic (exact) mass is 612 g/mol. The van der Waals surface area contributed by atoms with Gasteiger partial charge in [0.2, 0.25) is 5.91 Å². The molecule has 3 amide bonds. The molecule has 2 saturated heterocycles. The number of urea groups is 1. The Labute approximate surface area is 267 Å². The van der Waals surface area contributed by atoms with Crippen molar-refractivity contribution in [3.05, 3.63) is 103 Å². The van der Waals surface area contributed by atoms with Crippen LogP contribution in [0.5, 0.6) is 0 Å². The Morgan fingerprint density at radius 3 is 2.41 bits per heavy atom. The fourth-order valence-electron chi connectivity index (χ4n) is 6.64. The molecule has 0 saturated carbocycles. The minimum absolute atomic E-state index is 0.0422. The molecule has 0 spiro atoms. The highest BCUT2D eigenvalue weighted by molar-refractivity contribution is 5.87. The molecule has 0 bridgehead atoms. The Bertz CT molecular complexity index is 1920. The minimum atomic E-state index is -0.0867. The van der Waals surface area contributed by atoms with Crippen LogP contribution in [-0.4, -0.2) is 84.9 Å². The van der Waals surface area contributed by atoms with E-state index in [2.05, 4.69) is 35.8 Å². The van der Waals surface area contributed by atoms with Crippen molar-refractivity contribution in [2.45, 2.75) is 25.3 Å². The lowest BCUT2D eigenvalue weighted by molar-refractivity contribution is -0.129. The smallest absolute Gasteiger partial charge is 0.320 e. The Kier molecular flexibility index (Phi) is 7.69. The van der Waals surface area contributed by atoms with Gasteiger partial charge in [-0.3, -0.25) is 9.36 Å². The lowest BCUT2D eigenvalue weighted by atomic mass is 9.98. The Balaban J connectivity index is 1.15. The highest BCUT2D eigenvalue weighted by Gasteiger charge is 2.34. The maximum absolute atomic E-state index is 13.4. The van der Waals surface area contributed by atoms with Crippen LogP contribution in [-0.2, 0) is 4.79 Å². The molecular formula is C36H36N8O2. The molecule has 5 heterocycles. The molecule has 2 N–H and O–H groups in total. The number of rotatable bonds is 5. The number of fused-ring (bicyclic) bond motifs is 1. The maximum atomic E-state index is 13.4. The summed E-state index contributed by atoms with van der Waals surface area (Å²) in [5, 5.41) is 0. The highest BCUT2D eigenvalue weighted by atomic mass is 16.2. The van der Waals surface area contributed by atoms with Gasteiger partial charge in [-0.1, -0.05) is 49.0 Å². The van der Waals surface area contributed by atoms with E-state index in [0.717, 1.165) is 40.1 Å². The third-order valence-electron chi connectivity index (χ3n) is 9.09. The van der Waals surface area contributed by atoms with Crippen molar-refractivity contribution in [3.8, 4) is 28.3 Å². The first-order chi connectivity index (χ1) is 22.4. The quantitative estimate of drug-likeness (QED) is 0.268. The van der Waals surface area contributed by atoms with Crippen LogP contribution in [0.15, 0.2) is 97.7 Å². The number of hydrogen-bond donors (Lipinski definition) is 1. The van der Waals surface area contributed by atoms with Crippen molar-refractivity contribution in [1.82, 2.24) is 34.2 Å². The molecule has 46 heavy (non-hydrogen) atoms. The molecule has 232 valence electrons. The lowest BCUT2D eigenvalue weighted by Crippen LogP contribution is -2.57. The van der Waals surface area contributed by atoms with Crippen LogP contribution in [0.3, 0.4) is 0 Å². The standard InChI is InChI=1S/C36H36N8O2/c1-3-32(45)43-21-20-42(22-24(43)2)36(46)41-19-17-27(23-41)25-11-13-28(14-12-25)44-34(29-10-7-18-38-33(29)37)40-31-16-15-30(39-35(31)44)26-8-5-4-6-9-26/h3-16,18,24,27H,1,17,19-23H2,2H3,(H2,37,38)/t24-,27?/m1/s1. The normalized spacial score (nSPS) is 18.2. The molecule has 0 aliphatic carbocycles. The molecule has 0 radical (unpaired) electrons. The number of aromatic nitrogens is 4. The predicted octanol–water partition coefficient (Wildman–Crippen LogP) is 5.36. The average molecular weight is 613 g/mol. The first-order valence-electron chi connectivity index (χ1n) is 15.6. The number of hydrogen-bond acceptors (Lipinski definition) is 6. The number of benzene rings is 2. The van der Waals surface area contributed by atoms with Crippen molar-refractivity contribution >= 4 is 28.9 Å². The number of pyridine rings is 2. The van der Waals surface area contributed by atoms with Crippen LogP contribution in [0.25, 0.3) is 39.5 Å². The summed E-state index contributed by atoms with van der Waals surface area (Å²) in [7, 11) is 0. The molecule has 7 rings (SSSR count). The molecule has 5 aromatic rings. The summed E-state index contributed by atoms with van der Waals surface area (Å²) in [5.41, 5.74) is 12.5. The minimum Gasteiger partial charge on any atom is -0.383 e. The van der Waals surface area contributed by atoms with E-state index in [1.54, 1.807) is 11.1 Å². The van der Waals surface area contributed by atoms with Crippen molar-refractivity contribution in [2.24, 2.45) is 0 Å². The van der Waals surface area contributed by atoms with E-state index >= 15 is 0 Å². The van der Waals surface area contributed by atoms with E-state index in [9.17, 15) is 9.59 Å². The number of anilines is 1. The number of imidazole rings is 1. The van der Waals surface area contributed by atoms with Gasteiger partial charge in [-0.15, -0.1) is 0 Å². The maximum Gasteiger partial charge on any atom is 0.320 e. The molecular weight excluding hydrogens is 576 g/mol. The Morgan fingerprint density at radius 1 is 0.891 bits per heavy atom. The largest absolute Gasteiger partial charge is 0.383 e. The second-order valence-corrected chi connectivity index (χ2v) is 11.9. The molecule has 2 fully saturated rings. The number of nitrogens with zero attached hydrogens (tertiary/aromatic N) is 7. The Morgan fingerprint density at radius 2 is 1.67 bits per heavy atom. The van der Waals surface area contributed by atoms with Gasteiger partial charge in [0.15, 0.2) is 11.5 Å². The number of piperazine rings is 1. The van der Waals surface area contributed by atoms with E-state index in [-0.39, 0.29) is 23.9 Å². The molecule has 10 heteroatoms. The molecule has 2 atom stereocenters. The lowest BCUT2D eigenvalue weighted by Gasteiger charge is -2.40. The second-order valence-electron chi connectivity index (χ2n) is 11.9. The first-order valence-corrected chi connectivity index (χ1v) is 15.6. The average Bonchev–Trinajstić information content (AvgIpc) is 3.74. The van der Waals surface area contributed by atoms with Crippen LogP contribution in [0, 0.1) is 0 Å². The number of nitrogens with two attached hydrogens (primary N) is 1. The molecule has 3 aromatic heterocycles. The third kappa shape index (κ3) is 5.36. The summed E-state index contributed by atoms with van der Waals surface area (Å²) >= 11 is 0. The highest BCUT2D eigenvalue weighted by Crippen LogP contribution is 2.34. The van der Waals surface area contributed by atoms with Gasteiger partial charge in [0.05, 0.1) is 11.3 Å². The summed E-state index contributed by atoms with van der Waals surface area (Å²) < 4.78 is 2.04. The van der Waals surface area contributed by atoms with Crippen LogP contribution in [0.2, 0.25) is 0 Å². The summed E-state index contributed by atoms with van der Waals surface area (Å²) in [6, 6.07) is 26.3. The van der Waals surface area contributed by atoms with Gasteiger partial charge in [-0.2, -0.15) is 0 Å². The van der Waals surface area contributed by atoms with Crippen LogP contribution in [0.1, 0.15) is 24.8 Å². The summed E-state index contributed by atoms with van der Waals surface area (Å²) in [5.74, 6) is 1.22. The second kappa shape index (κ2) is 12.1. The molecule has 2 aromatic carbocycles. The predicted molar refractivity (Wildman–Crippen MR) is 179 cm³/mol. The Hall–Kier alpha value is -5.51. The topological polar surface area (TPSA) is 113 Å². The van der Waals surface area contributed by atoms with E-state index in [4.69, 9.17) is 15.7 Å². The third-order valence-corrected chi connectivity index (χ3v) is 9.09. The van der Waals surface area contributed by atoms with Gasteiger partial charge < -0.3 is 20.4 Å². The summed E-state index contributed by atoms with van der Waals surface area (Å²) in [6.07, 6.45) is 3.91. The summed E-state index contributed by atoms with van der Waals surface area (Å²) in [6.45, 7) is 8.51. The van der Waals surface area contributed by atoms with Gasteiger partial charge in [0, 0.05) is 62.1 Å². The van der Waals surface area contributed by atoms with Crippen LogP contribution < -0.4 is 5.73 Å². The van der Waals surface area contributed by atoms with Crippen molar-refractivity contribution < 1.29 is 9.59 Å². The van der Waals surface area contributed by atoms with Crippen molar-refractivity contribution in [2.75, 3.05) is 38.5 Å². The van der Waals surface area contributed by atoms with E-state index in [1.165, 1.54) is 11.6 Å². The van der Waals surface area contributed by atoms with Gasteiger partial charge in [-0.25, -0.2) is 19.7 Å². The number of carbonyl (C=O) groups excluding carboxylic acids is 2. The molecule has 1 unspecified atom stereocenters. The zero-order valence-electron chi connectivity index (χ0n) is 25.8. The van der Waals surface area contributed by atoms with E-state index < -0.39 is 0 Å². The van der Waals surface area contributed by atoms with Crippen molar-refractivity contribution in [1.29, 1.82) is 0 Å². The van der Waals surface area contributed by atoms with Crippen LogP contribution >= 0.6 is 0 Å². The van der Waals surface area contributed by atoms with E-state index in [1.807, 2.05) is 75.9 Å². The first kappa shape index (κ1) is 29.2.